The Morgan fingerprint density at radius 1 is 1.08 bits per heavy atom. The lowest BCUT2D eigenvalue weighted by Gasteiger charge is -2.26. The van der Waals surface area contributed by atoms with Crippen LogP contribution in [0.5, 0.6) is 5.88 Å². The normalized spacial score (nSPS) is 15.8. The summed E-state index contributed by atoms with van der Waals surface area (Å²) in [5.74, 6) is 0.517. The minimum absolute atomic E-state index is 0.0881. The van der Waals surface area contributed by atoms with Crippen molar-refractivity contribution in [2.24, 2.45) is 14.1 Å². The number of carbonyl (C=O) groups excluding carboxylic acids is 2. The molecule has 0 spiro atoms. The zero-order valence-electron chi connectivity index (χ0n) is 29.2. The molecule has 270 valence electrons. The first-order chi connectivity index (χ1) is 25.2. The molecule has 3 N–H and O–H groups in total. The van der Waals surface area contributed by atoms with E-state index >= 15 is 0 Å². The predicted octanol–water partition coefficient (Wildman–Crippen LogP) is 4.81. The minimum Gasteiger partial charge on any atom is -0.481 e. The van der Waals surface area contributed by atoms with Gasteiger partial charge in [-0.05, 0) is 36.6 Å². The number of hydrogen-bond acceptors (Lipinski definition) is 9. The van der Waals surface area contributed by atoms with Crippen molar-refractivity contribution in [3.63, 3.8) is 0 Å². The Bertz CT molecular complexity index is 2130. The number of hydrogen-bond donors (Lipinski definition) is 3. The largest absolute Gasteiger partial charge is 0.481 e. The van der Waals surface area contributed by atoms with E-state index < -0.39 is 0 Å². The second kappa shape index (κ2) is 15.4. The van der Waals surface area contributed by atoms with E-state index in [4.69, 9.17) is 37.9 Å². The third-order valence-electron chi connectivity index (χ3n) is 9.60. The fourth-order valence-corrected chi connectivity index (χ4v) is 7.40. The zero-order valence-corrected chi connectivity index (χ0v) is 30.8. The van der Waals surface area contributed by atoms with Gasteiger partial charge in [0.1, 0.15) is 0 Å². The molecule has 4 aromatic heterocycles. The number of pyridine rings is 2. The summed E-state index contributed by atoms with van der Waals surface area (Å²) in [5.41, 5.74) is 6.71. The Kier molecular flexibility index (Phi) is 10.6. The van der Waals surface area contributed by atoms with Crippen molar-refractivity contribution in [1.29, 1.82) is 0 Å². The number of nitrogens with one attached hydrogen (secondary N) is 3. The number of nitrogens with zero attached hydrogens (tertiary/aromatic N) is 7. The number of methoxy groups -OCH3 is 1. The number of rotatable bonds is 12. The molecule has 13 nitrogen and oxygen atoms in total. The molecule has 2 aliphatic heterocycles. The number of anilines is 1. The summed E-state index contributed by atoms with van der Waals surface area (Å²) in [6.45, 7) is 3.64. The first-order valence-corrected chi connectivity index (χ1v) is 18.0. The molecule has 1 aromatic carbocycles. The topological polar surface area (TPSA) is 144 Å². The molecule has 0 saturated carbocycles. The van der Waals surface area contributed by atoms with Gasteiger partial charge < -0.3 is 25.3 Å². The van der Waals surface area contributed by atoms with Gasteiger partial charge in [-0.1, -0.05) is 41.4 Å². The Morgan fingerprint density at radius 2 is 1.94 bits per heavy atom. The van der Waals surface area contributed by atoms with Gasteiger partial charge in [0.2, 0.25) is 11.8 Å². The Morgan fingerprint density at radius 3 is 2.71 bits per heavy atom. The summed E-state index contributed by atoms with van der Waals surface area (Å²) in [4.78, 5) is 41.6. The van der Waals surface area contributed by atoms with Crippen LogP contribution in [0.15, 0.2) is 55.0 Å². The molecule has 0 unspecified atom stereocenters. The number of benzene rings is 1. The van der Waals surface area contributed by atoms with Gasteiger partial charge in [-0.2, -0.15) is 5.10 Å². The molecular formula is C37H40Cl2N10O3. The highest BCUT2D eigenvalue weighted by Gasteiger charge is 2.27. The smallest absolute Gasteiger partial charge is 0.291 e. The van der Waals surface area contributed by atoms with Crippen LogP contribution in [0.4, 0.5) is 5.69 Å². The van der Waals surface area contributed by atoms with Gasteiger partial charge in [-0.15, -0.1) is 0 Å². The maximum atomic E-state index is 13.6. The number of aryl methyl sites for hydroxylation is 1. The zero-order chi connectivity index (χ0) is 36.4. The van der Waals surface area contributed by atoms with E-state index in [-0.39, 0.29) is 17.9 Å². The first-order valence-electron chi connectivity index (χ1n) is 17.2. The van der Waals surface area contributed by atoms with Gasteiger partial charge in [0.25, 0.3) is 5.91 Å². The number of fused-ring (bicyclic) bond motifs is 1. The van der Waals surface area contributed by atoms with Crippen molar-refractivity contribution in [1.82, 2.24) is 44.8 Å². The van der Waals surface area contributed by atoms with Gasteiger partial charge in [0.05, 0.1) is 46.1 Å². The van der Waals surface area contributed by atoms with Crippen LogP contribution in [0.3, 0.4) is 0 Å². The Labute approximate surface area is 311 Å². The number of ether oxygens (including phenoxy) is 1. The number of aromatic nitrogens is 6. The molecule has 1 atom stereocenters. The molecule has 2 amide bonds. The SMILES string of the molecule is COc1nc(-c2ccnc(-c3cccc(NC(=O)c4nc5c(n4C)CCN(CCc4cnn(C)c4)C5)c3Cl)c2Cl)ccc1CNC[C@H]1CCC(=O)N1. The lowest BCUT2D eigenvalue weighted by Crippen LogP contribution is -2.35. The molecule has 1 fully saturated rings. The molecule has 2 aliphatic rings. The predicted molar refractivity (Wildman–Crippen MR) is 199 cm³/mol. The monoisotopic (exact) mass is 742 g/mol. The Hall–Kier alpha value is -4.82. The van der Waals surface area contributed by atoms with E-state index in [0.29, 0.717) is 76.0 Å². The average Bonchev–Trinajstić information content (AvgIpc) is 3.86. The fourth-order valence-electron chi connectivity index (χ4n) is 6.83. The van der Waals surface area contributed by atoms with Crippen molar-refractivity contribution >= 4 is 40.7 Å². The maximum absolute atomic E-state index is 13.6. The van der Waals surface area contributed by atoms with Gasteiger partial charge in [0.15, 0.2) is 5.82 Å². The number of imidazole rings is 1. The highest BCUT2D eigenvalue weighted by atomic mass is 35.5. The van der Waals surface area contributed by atoms with Gasteiger partial charge in [-0.3, -0.25) is 24.2 Å². The van der Waals surface area contributed by atoms with Crippen LogP contribution in [0.25, 0.3) is 22.5 Å². The molecule has 15 heteroatoms. The quantitative estimate of drug-likeness (QED) is 0.164. The lowest BCUT2D eigenvalue weighted by atomic mass is 10.1. The van der Waals surface area contributed by atoms with E-state index in [1.807, 2.05) is 53.9 Å². The van der Waals surface area contributed by atoms with Crippen LogP contribution < -0.4 is 20.7 Å². The molecule has 0 bridgehead atoms. The number of halogens is 2. The summed E-state index contributed by atoms with van der Waals surface area (Å²) < 4.78 is 9.32. The van der Waals surface area contributed by atoms with Crippen molar-refractivity contribution in [2.45, 2.75) is 44.8 Å². The van der Waals surface area contributed by atoms with Crippen LogP contribution >= 0.6 is 23.2 Å². The minimum atomic E-state index is -0.357. The molecule has 1 saturated heterocycles. The van der Waals surface area contributed by atoms with Gasteiger partial charge >= 0.3 is 0 Å². The highest BCUT2D eigenvalue weighted by Crippen LogP contribution is 2.40. The standard InChI is InChI=1S/C37H40Cl2N10O3/c1-47-20-22(17-42-47)12-15-49-16-13-30-29(21-49)44-35(48(30)2)36(51)45-28-6-4-5-26(32(28)38)34-33(39)25(11-14-41-34)27-9-7-23(37(46-27)52-3)18-40-19-24-8-10-31(50)43-24/h4-7,9,11,14,17,20,24,40H,8,10,12-13,15-16,18-19,21H2,1-3H3,(H,43,50)(H,45,51)/t24-/m1/s1. The first kappa shape index (κ1) is 35.6. The third kappa shape index (κ3) is 7.54. The molecule has 0 aliphatic carbocycles. The average molecular weight is 744 g/mol. The summed E-state index contributed by atoms with van der Waals surface area (Å²) >= 11 is 13.9. The lowest BCUT2D eigenvalue weighted by molar-refractivity contribution is -0.119. The van der Waals surface area contributed by atoms with Crippen LogP contribution in [0.1, 0.15) is 46.0 Å². The van der Waals surface area contributed by atoms with E-state index in [1.54, 1.807) is 31.5 Å². The van der Waals surface area contributed by atoms with Crippen molar-refractivity contribution < 1.29 is 14.3 Å². The van der Waals surface area contributed by atoms with Gasteiger partial charge in [-0.25, -0.2) is 9.97 Å². The molecule has 0 radical (unpaired) electrons. The summed E-state index contributed by atoms with van der Waals surface area (Å²) in [6, 6.07) is 11.1. The summed E-state index contributed by atoms with van der Waals surface area (Å²) in [5, 5.41) is 14.2. The number of carbonyl (C=O) groups is 2. The maximum Gasteiger partial charge on any atom is 0.291 e. The van der Waals surface area contributed by atoms with Crippen LogP contribution in [0.2, 0.25) is 10.0 Å². The molecule has 52 heavy (non-hydrogen) atoms. The van der Waals surface area contributed by atoms with E-state index in [2.05, 4.69) is 30.9 Å². The van der Waals surface area contributed by atoms with Gasteiger partial charge in [0, 0.05) is 100 Å². The summed E-state index contributed by atoms with van der Waals surface area (Å²) in [6.07, 6.45) is 8.67. The van der Waals surface area contributed by atoms with Crippen molar-refractivity contribution in [2.75, 3.05) is 32.1 Å². The fraction of sp³-hybridized carbons (Fsp3) is 0.351. The van der Waals surface area contributed by atoms with E-state index in [0.717, 1.165) is 49.3 Å². The second-order valence-corrected chi connectivity index (χ2v) is 13.9. The third-order valence-corrected chi connectivity index (χ3v) is 10.4. The Balaban J connectivity index is 1.05. The van der Waals surface area contributed by atoms with Crippen LogP contribution in [-0.2, 0) is 44.8 Å². The van der Waals surface area contributed by atoms with Crippen LogP contribution in [0, 0.1) is 0 Å². The van der Waals surface area contributed by atoms with Crippen molar-refractivity contribution in [3.8, 4) is 28.4 Å². The van der Waals surface area contributed by atoms with Crippen molar-refractivity contribution in [3.05, 3.63) is 93.4 Å². The van der Waals surface area contributed by atoms with E-state index in [9.17, 15) is 9.59 Å². The second-order valence-electron chi connectivity index (χ2n) is 13.1. The summed E-state index contributed by atoms with van der Waals surface area (Å²) in [7, 11) is 5.37. The molecular weight excluding hydrogens is 703 g/mol. The number of amides is 2. The van der Waals surface area contributed by atoms with E-state index in [1.165, 1.54) is 5.56 Å². The van der Waals surface area contributed by atoms with Crippen LogP contribution in [-0.4, -0.2) is 78.8 Å². The highest BCUT2D eigenvalue weighted by molar-refractivity contribution is 6.39. The molecule has 7 rings (SSSR count). The molecule has 6 heterocycles. The molecule has 5 aromatic rings.